The van der Waals surface area contributed by atoms with E-state index in [1.807, 2.05) is 0 Å². The molecular formula is C15H35N3O. The number of hydrogen-bond donors (Lipinski definition) is 2. The highest BCUT2D eigenvalue weighted by Gasteiger charge is 2.13. The number of nitrogens with zero attached hydrogens (tertiary/aromatic N) is 2. The maximum Gasteiger partial charge on any atom is 0.0791 e. The minimum atomic E-state index is -0.272. The van der Waals surface area contributed by atoms with Crippen LogP contribution in [0.5, 0.6) is 0 Å². The Kier molecular flexibility index (Phi) is 10.5. The fourth-order valence-electron chi connectivity index (χ4n) is 2.43. The van der Waals surface area contributed by atoms with E-state index in [9.17, 15) is 5.11 Å². The van der Waals surface area contributed by atoms with Gasteiger partial charge in [-0.2, -0.15) is 0 Å². The number of rotatable bonds is 11. The van der Waals surface area contributed by atoms with E-state index in [-0.39, 0.29) is 6.10 Å². The molecule has 2 N–H and O–H groups in total. The molecule has 1 atom stereocenters. The number of aliphatic hydroxyl groups is 1. The molecule has 0 fully saturated rings. The van der Waals surface area contributed by atoms with Crippen molar-refractivity contribution in [3.8, 4) is 0 Å². The molecule has 0 bridgehead atoms. The van der Waals surface area contributed by atoms with Crippen LogP contribution in [0.3, 0.4) is 0 Å². The Morgan fingerprint density at radius 1 is 1.00 bits per heavy atom. The molecule has 0 spiro atoms. The highest BCUT2D eigenvalue weighted by Crippen LogP contribution is 2.03. The number of likely N-dealkylation sites (N-methyl/N-ethyl adjacent to an activating group) is 1. The number of aliphatic hydroxyl groups excluding tert-OH is 1. The summed E-state index contributed by atoms with van der Waals surface area (Å²) in [5.74, 6) is 0. The lowest BCUT2D eigenvalue weighted by Crippen LogP contribution is -2.44. The number of hydrogen-bond acceptors (Lipinski definition) is 4. The summed E-state index contributed by atoms with van der Waals surface area (Å²) in [5, 5.41) is 13.3. The summed E-state index contributed by atoms with van der Waals surface area (Å²) in [6.07, 6.45) is -0.272. The maximum absolute atomic E-state index is 9.95. The van der Waals surface area contributed by atoms with Crippen molar-refractivity contribution in [2.45, 2.75) is 59.7 Å². The molecule has 0 radical (unpaired) electrons. The first kappa shape index (κ1) is 18.8. The predicted octanol–water partition coefficient (Wildman–Crippen LogP) is 1.40. The summed E-state index contributed by atoms with van der Waals surface area (Å²) in [6.45, 7) is 18.6. The molecular weight excluding hydrogens is 238 g/mol. The monoisotopic (exact) mass is 273 g/mol. The Bertz CT molecular complexity index is 198. The second kappa shape index (κ2) is 10.6. The van der Waals surface area contributed by atoms with Crippen molar-refractivity contribution in [1.82, 2.24) is 15.1 Å². The smallest absolute Gasteiger partial charge is 0.0791 e. The van der Waals surface area contributed by atoms with Crippen LogP contribution in [0.2, 0.25) is 0 Å². The summed E-state index contributed by atoms with van der Waals surface area (Å²) < 4.78 is 0. The standard InChI is InChI=1S/C15H35N3O/c1-7-17(8-2)12-15(19)11-16-9-10-18(13(3)4)14(5)6/h13-16,19H,7-12H2,1-6H3. The van der Waals surface area contributed by atoms with Crippen LogP contribution in [-0.2, 0) is 0 Å². The Balaban J connectivity index is 3.78. The van der Waals surface area contributed by atoms with Crippen molar-refractivity contribution in [3.63, 3.8) is 0 Å². The van der Waals surface area contributed by atoms with Crippen LogP contribution < -0.4 is 5.32 Å². The predicted molar refractivity (Wildman–Crippen MR) is 83.6 cm³/mol. The van der Waals surface area contributed by atoms with Crippen molar-refractivity contribution < 1.29 is 5.11 Å². The number of nitrogens with one attached hydrogen (secondary N) is 1. The zero-order valence-corrected chi connectivity index (χ0v) is 13.8. The Hall–Kier alpha value is -0.160. The first-order valence-electron chi connectivity index (χ1n) is 7.79. The third-order valence-electron chi connectivity index (χ3n) is 3.62. The van der Waals surface area contributed by atoms with E-state index in [0.717, 1.165) is 32.7 Å². The Morgan fingerprint density at radius 2 is 1.53 bits per heavy atom. The van der Waals surface area contributed by atoms with E-state index in [4.69, 9.17) is 0 Å². The lowest BCUT2D eigenvalue weighted by molar-refractivity contribution is 0.114. The summed E-state index contributed by atoms with van der Waals surface area (Å²) >= 11 is 0. The van der Waals surface area contributed by atoms with Crippen LogP contribution in [-0.4, -0.2) is 72.4 Å². The van der Waals surface area contributed by atoms with Crippen LogP contribution in [0, 0.1) is 0 Å². The highest BCUT2D eigenvalue weighted by atomic mass is 16.3. The minimum Gasteiger partial charge on any atom is -0.390 e. The molecule has 0 aromatic carbocycles. The molecule has 0 amide bonds. The lowest BCUT2D eigenvalue weighted by Gasteiger charge is -2.30. The molecule has 0 rings (SSSR count). The molecule has 19 heavy (non-hydrogen) atoms. The van der Waals surface area contributed by atoms with E-state index in [0.29, 0.717) is 18.6 Å². The quantitative estimate of drug-likeness (QED) is 0.558. The molecule has 116 valence electrons. The molecule has 0 heterocycles. The van der Waals surface area contributed by atoms with Crippen molar-refractivity contribution in [2.24, 2.45) is 0 Å². The minimum absolute atomic E-state index is 0.272. The molecule has 1 unspecified atom stereocenters. The average Bonchev–Trinajstić information content (AvgIpc) is 2.34. The zero-order valence-electron chi connectivity index (χ0n) is 13.8. The topological polar surface area (TPSA) is 38.7 Å². The third kappa shape index (κ3) is 8.58. The fraction of sp³-hybridized carbons (Fsp3) is 1.00. The van der Waals surface area contributed by atoms with E-state index in [2.05, 4.69) is 56.7 Å². The second-order valence-corrected chi connectivity index (χ2v) is 5.77. The van der Waals surface area contributed by atoms with Gasteiger partial charge in [-0.05, 0) is 40.8 Å². The van der Waals surface area contributed by atoms with E-state index < -0.39 is 0 Å². The Labute approximate surface area is 120 Å². The normalized spacial score (nSPS) is 14.1. The lowest BCUT2D eigenvalue weighted by atomic mass is 10.2. The van der Waals surface area contributed by atoms with Gasteiger partial charge in [0.1, 0.15) is 0 Å². The molecule has 0 aromatic rings. The van der Waals surface area contributed by atoms with Gasteiger partial charge in [-0.1, -0.05) is 13.8 Å². The Morgan fingerprint density at radius 3 is 1.95 bits per heavy atom. The largest absolute Gasteiger partial charge is 0.390 e. The van der Waals surface area contributed by atoms with E-state index in [1.165, 1.54) is 0 Å². The maximum atomic E-state index is 9.95. The van der Waals surface area contributed by atoms with Crippen LogP contribution in [0.25, 0.3) is 0 Å². The van der Waals surface area contributed by atoms with Crippen LogP contribution >= 0.6 is 0 Å². The van der Waals surface area contributed by atoms with Crippen LogP contribution in [0.4, 0.5) is 0 Å². The molecule has 0 saturated heterocycles. The van der Waals surface area contributed by atoms with Gasteiger partial charge in [0.25, 0.3) is 0 Å². The third-order valence-corrected chi connectivity index (χ3v) is 3.62. The van der Waals surface area contributed by atoms with Gasteiger partial charge in [0.05, 0.1) is 6.10 Å². The van der Waals surface area contributed by atoms with Crippen molar-refractivity contribution in [3.05, 3.63) is 0 Å². The summed E-state index contributed by atoms with van der Waals surface area (Å²) in [5.41, 5.74) is 0. The van der Waals surface area contributed by atoms with Crippen molar-refractivity contribution >= 4 is 0 Å². The van der Waals surface area contributed by atoms with Crippen molar-refractivity contribution in [1.29, 1.82) is 0 Å². The summed E-state index contributed by atoms with van der Waals surface area (Å²) in [6, 6.07) is 1.14. The van der Waals surface area contributed by atoms with Gasteiger partial charge < -0.3 is 15.3 Å². The molecule has 0 aromatic heterocycles. The van der Waals surface area contributed by atoms with Gasteiger partial charge >= 0.3 is 0 Å². The van der Waals surface area contributed by atoms with Gasteiger partial charge in [0.15, 0.2) is 0 Å². The molecule has 0 aliphatic carbocycles. The van der Waals surface area contributed by atoms with Crippen LogP contribution in [0.1, 0.15) is 41.5 Å². The van der Waals surface area contributed by atoms with Gasteiger partial charge in [-0.25, -0.2) is 0 Å². The van der Waals surface area contributed by atoms with E-state index in [1.54, 1.807) is 0 Å². The highest BCUT2D eigenvalue weighted by molar-refractivity contribution is 4.70. The van der Waals surface area contributed by atoms with Crippen molar-refractivity contribution in [2.75, 3.05) is 39.3 Å². The van der Waals surface area contributed by atoms with Gasteiger partial charge in [0, 0.05) is 38.3 Å². The van der Waals surface area contributed by atoms with Crippen LogP contribution in [0.15, 0.2) is 0 Å². The van der Waals surface area contributed by atoms with Gasteiger partial charge in [-0.3, -0.25) is 4.90 Å². The summed E-state index contributed by atoms with van der Waals surface area (Å²) in [7, 11) is 0. The SMILES string of the molecule is CCN(CC)CC(O)CNCCN(C(C)C)C(C)C. The first-order valence-corrected chi connectivity index (χ1v) is 7.79. The summed E-state index contributed by atoms with van der Waals surface area (Å²) in [4.78, 5) is 4.71. The zero-order chi connectivity index (χ0) is 14.8. The molecule has 0 saturated carbocycles. The molecule has 4 nitrogen and oxygen atoms in total. The second-order valence-electron chi connectivity index (χ2n) is 5.77. The molecule has 0 aliphatic rings. The molecule has 4 heteroatoms. The van der Waals surface area contributed by atoms with Gasteiger partial charge in [-0.15, -0.1) is 0 Å². The first-order chi connectivity index (χ1) is 8.92. The van der Waals surface area contributed by atoms with E-state index >= 15 is 0 Å². The molecule has 0 aliphatic heterocycles. The van der Waals surface area contributed by atoms with Gasteiger partial charge in [0.2, 0.25) is 0 Å². The average molecular weight is 273 g/mol. The fourth-order valence-corrected chi connectivity index (χ4v) is 2.43.